The second kappa shape index (κ2) is 23.5. The molecule has 21 heteroatoms. The highest BCUT2D eigenvalue weighted by atomic mass is 16.4. The molecule has 1 aliphatic rings. The van der Waals surface area contributed by atoms with Crippen LogP contribution in [0.25, 0.3) is 0 Å². The van der Waals surface area contributed by atoms with Crippen LogP contribution < -0.4 is 43.5 Å². The highest BCUT2D eigenvalue weighted by Gasteiger charge is 2.32. The largest absolute Gasteiger partial charge is 0.481 e. The maximum absolute atomic E-state index is 13.8. The number of nitrogens with zero attached hydrogens (tertiary/aromatic N) is 5. The minimum atomic E-state index is -1.63. The lowest BCUT2D eigenvalue weighted by Gasteiger charge is -2.28. The van der Waals surface area contributed by atoms with Gasteiger partial charge in [-0.3, -0.25) is 39.2 Å². The number of carboxylic acid groups (broad SMARTS) is 1. The molecule has 3 rings (SSSR count). The predicted octanol–water partition coefficient (Wildman–Crippen LogP) is -1.46. The van der Waals surface area contributed by atoms with Crippen molar-refractivity contribution in [2.45, 2.75) is 102 Å². The average Bonchev–Trinajstić information content (AvgIpc) is 3.60. The maximum atomic E-state index is 13.8. The molecule has 1 saturated heterocycles. The molecule has 1 aromatic carbocycles. The van der Waals surface area contributed by atoms with Gasteiger partial charge in [-0.05, 0) is 50.5 Å². The Morgan fingerprint density at radius 2 is 1.64 bits per heavy atom. The number of aromatic nitrogens is 3. The smallest absolute Gasteiger partial charge is 0.337 e. The topological polar surface area (TPSA) is 310 Å². The van der Waals surface area contributed by atoms with Crippen molar-refractivity contribution in [1.29, 1.82) is 0 Å². The lowest BCUT2D eigenvalue weighted by molar-refractivity contribution is -0.141. The molecular formula is C35H53N13O8. The number of aryl methyl sites for hydroxylation is 1. The first-order chi connectivity index (χ1) is 26.8. The van der Waals surface area contributed by atoms with Gasteiger partial charge in [-0.25, -0.2) is 14.5 Å². The lowest BCUT2D eigenvalue weighted by Crippen LogP contribution is -2.59. The minimum Gasteiger partial charge on any atom is -0.481 e. The number of hydrogen-bond donors (Lipinski definition) is 9. The van der Waals surface area contributed by atoms with Crippen LogP contribution in [-0.2, 0) is 48.3 Å². The molecule has 0 bridgehead atoms. The molecule has 1 fully saturated rings. The first kappa shape index (κ1) is 44.1. The maximum Gasteiger partial charge on any atom is 0.337 e. The Kier molecular flexibility index (Phi) is 18.5. The van der Waals surface area contributed by atoms with Crippen molar-refractivity contribution in [3.63, 3.8) is 0 Å². The van der Waals surface area contributed by atoms with Gasteiger partial charge in [0.25, 0.3) is 5.91 Å². The highest BCUT2D eigenvalue weighted by molar-refractivity contribution is 5.96. The van der Waals surface area contributed by atoms with Gasteiger partial charge in [-0.15, -0.1) is 5.10 Å². The Bertz CT molecular complexity index is 1670. The zero-order valence-corrected chi connectivity index (χ0v) is 31.5. The molecule has 0 saturated carbocycles. The molecule has 0 unspecified atom stereocenters. The number of hydrazine groups is 1. The Balaban J connectivity index is 1.79. The molecule has 306 valence electrons. The molecule has 1 aliphatic heterocycles. The quantitative estimate of drug-likeness (QED) is 0.0449. The van der Waals surface area contributed by atoms with Gasteiger partial charge in [-0.1, -0.05) is 55.3 Å². The molecule has 0 spiro atoms. The van der Waals surface area contributed by atoms with Crippen molar-refractivity contribution in [2.24, 2.45) is 16.5 Å². The Morgan fingerprint density at radius 3 is 2.36 bits per heavy atom. The minimum absolute atomic E-state index is 0.0219. The molecule has 2 aromatic rings. The van der Waals surface area contributed by atoms with Gasteiger partial charge in [-0.2, -0.15) is 0 Å². The van der Waals surface area contributed by atoms with E-state index in [9.17, 15) is 38.7 Å². The van der Waals surface area contributed by atoms with Crippen LogP contribution in [0.2, 0.25) is 0 Å². The zero-order chi connectivity index (χ0) is 40.9. The molecular weight excluding hydrogens is 730 g/mol. The third-order valence-electron chi connectivity index (χ3n) is 8.49. The Hall–Kier alpha value is -6.28. The van der Waals surface area contributed by atoms with Crippen LogP contribution in [-0.4, -0.2) is 110 Å². The normalized spacial score (nSPS) is 18.3. The van der Waals surface area contributed by atoms with Gasteiger partial charge in [0.05, 0.1) is 25.2 Å². The van der Waals surface area contributed by atoms with E-state index in [0.29, 0.717) is 18.4 Å². The van der Waals surface area contributed by atoms with Crippen LogP contribution >= 0.6 is 0 Å². The Morgan fingerprint density at radius 1 is 0.911 bits per heavy atom. The number of urea groups is 1. The number of hydrogen-bond acceptors (Lipinski definition) is 10. The number of carbonyl (C=O) groups is 7. The van der Waals surface area contributed by atoms with E-state index in [1.807, 2.05) is 0 Å². The summed E-state index contributed by atoms with van der Waals surface area (Å²) >= 11 is 0. The number of amides is 7. The molecule has 2 heterocycles. The first-order valence-corrected chi connectivity index (χ1v) is 18.6. The molecule has 11 N–H and O–H groups in total. The predicted molar refractivity (Wildman–Crippen MR) is 202 cm³/mol. The van der Waals surface area contributed by atoms with Gasteiger partial charge in [0.15, 0.2) is 5.96 Å². The second-order valence-electron chi connectivity index (χ2n) is 13.2. The molecule has 0 aliphatic carbocycles. The van der Waals surface area contributed by atoms with E-state index in [2.05, 4.69) is 54.2 Å². The van der Waals surface area contributed by atoms with Crippen LogP contribution in [0.1, 0.15) is 76.0 Å². The summed E-state index contributed by atoms with van der Waals surface area (Å²) in [4.78, 5) is 95.2. The lowest BCUT2D eigenvalue weighted by atomic mass is 10.1. The SMILES string of the molecule is CCCCCc1cn(CC(=O)NCCCC[C@@H]2NC(=O)N(Cc3ccccc3)NC(=O)[C@H](CC(=O)O)NC(=O)CNC(=O)[C@H](CCCN=C(N)N)NC2=O)nn1. The van der Waals surface area contributed by atoms with Crippen molar-refractivity contribution in [3.8, 4) is 0 Å². The van der Waals surface area contributed by atoms with E-state index in [4.69, 9.17) is 11.5 Å². The van der Waals surface area contributed by atoms with E-state index >= 15 is 0 Å². The zero-order valence-electron chi connectivity index (χ0n) is 31.5. The number of aliphatic carboxylic acids is 1. The molecule has 0 radical (unpaired) electrons. The van der Waals surface area contributed by atoms with Gasteiger partial charge in [0, 0.05) is 19.3 Å². The third kappa shape index (κ3) is 16.4. The van der Waals surface area contributed by atoms with E-state index in [1.165, 1.54) is 4.68 Å². The van der Waals surface area contributed by atoms with E-state index in [-0.39, 0.29) is 57.3 Å². The summed E-state index contributed by atoms with van der Waals surface area (Å²) in [5, 5.41) is 31.2. The first-order valence-electron chi connectivity index (χ1n) is 18.6. The number of carboxylic acids is 1. The summed E-state index contributed by atoms with van der Waals surface area (Å²) in [6.07, 6.45) is 5.90. The number of rotatable bonds is 19. The fourth-order valence-electron chi connectivity index (χ4n) is 5.59. The number of carbonyl (C=O) groups excluding carboxylic acids is 6. The number of unbranched alkanes of at least 4 members (excludes halogenated alkanes) is 3. The summed E-state index contributed by atoms with van der Waals surface area (Å²) in [6, 6.07) is 3.52. The summed E-state index contributed by atoms with van der Waals surface area (Å²) < 4.78 is 1.47. The molecule has 7 amide bonds. The molecule has 21 nitrogen and oxygen atoms in total. The fraction of sp³-hybridized carbons (Fsp3) is 0.543. The number of nitrogens with one attached hydrogen (secondary N) is 6. The number of guanidine groups is 1. The van der Waals surface area contributed by atoms with Crippen LogP contribution in [0.4, 0.5) is 4.79 Å². The second-order valence-corrected chi connectivity index (χ2v) is 13.2. The van der Waals surface area contributed by atoms with Crippen molar-refractivity contribution >= 4 is 47.5 Å². The Labute approximate surface area is 324 Å². The van der Waals surface area contributed by atoms with Gasteiger partial charge < -0.3 is 43.2 Å². The average molecular weight is 784 g/mol. The summed E-state index contributed by atoms with van der Waals surface area (Å²) in [5.41, 5.74) is 14.6. The standard InChI is InChI=1S/C35H53N13O8/c1-2-3-5-13-24-21-47(46-44-24)22-29(50)38-16-9-8-14-26-32(54)42-25(15-10-17-39-34(36)37)31(53)40-19-28(49)41-27(18-30(51)52)33(55)45-48(35(56)43-26)20-23-11-6-4-7-12-23/h4,6-7,11-12,21,25-27H,2-3,5,8-10,13-20,22H2,1H3,(H,38,50)(H,40,53)(H,41,49)(H,42,54)(H,43,56)(H,45,55)(H,51,52)(H4,36,37,39)/t25-,26-,27-/m0/s1. The number of benzene rings is 1. The fourth-order valence-corrected chi connectivity index (χ4v) is 5.59. The number of nitrogens with two attached hydrogens (primary N) is 2. The van der Waals surface area contributed by atoms with Gasteiger partial charge in [0.2, 0.25) is 23.6 Å². The van der Waals surface area contributed by atoms with Crippen molar-refractivity contribution in [2.75, 3.05) is 19.6 Å². The molecule has 3 atom stereocenters. The van der Waals surface area contributed by atoms with Crippen molar-refractivity contribution in [3.05, 3.63) is 47.8 Å². The number of aliphatic imine (C=N–C) groups is 1. The van der Waals surface area contributed by atoms with Crippen molar-refractivity contribution in [1.82, 2.24) is 52.0 Å². The van der Waals surface area contributed by atoms with E-state index in [0.717, 1.165) is 36.4 Å². The van der Waals surface area contributed by atoms with Crippen LogP contribution in [0, 0.1) is 0 Å². The molecule has 56 heavy (non-hydrogen) atoms. The van der Waals surface area contributed by atoms with Crippen LogP contribution in [0.15, 0.2) is 41.5 Å². The van der Waals surface area contributed by atoms with Crippen LogP contribution in [0.5, 0.6) is 0 Å². The molecule has 1 aromatic heterocycles. The summed E-state index contributed by atoms with van der Waals surface area (Å²) in [6.45, 7) is 1.61. The highest BCUT2D eigenvalue weighted by Crippen LogP contribution is 2.09. The van der Waals surface area contributed by atoms with Crippen LogP contribution in [0.3, 0.4) is 0 Å². The van der Waals surface area contributed by atoms with Crippen molar-refractivity contribution < 1.29 is 38.7 Å². The monoisotopic (exact) mass is 783 g/mol. The van der Waals surface area contributed by atoms with Gasteiger partial charge in [0.1, 0.15) is 24.7 Å². The summed E-state index contributed by atoms with van der Waals surface area (Å²) in [5.74, 6) is -5.28. The third-order valence-corrected chi connectivity index (χ3v) is 8.49. The van der Waals surface area contributed by atoms with E-state index in [1.54, 1.807) is 36.5 Å². The van der Waals surface area contributed by atoms with Gasteiger partial charge >= 0.3 is 12.0 Å². The summed E-state index contributed by atoms with van der Waals surface area (Å²) in [7, 11) is 0. The van der Waals surface area contributed by atoms with E-state index < -0.39 is 66.7 Å².